The fraction of sp³-hybridized carbons (Fsp3) is 0.350. The number of carbonyl (C=O) groups excluding carboxylic acids is 1. The van der Waals surface area contributed by atoms with Gasteiger partial charge < -0.3 is 15.2 Å². The molecule has 2 rings (SSSR count). The molecule has 0 aliphatic heterocycles. The second kappa shape index (κ2) is 8.53. The maximum atomic E-state index is 11.9. The lowest BCUT2D eigenvalue weighted by molar-refractivity contribution is -0.120. The van der Waals surface area contributed by atoms with Crippen LogP contribution in [0.1, 0.15) is 44.0 Å². The lowest BCUT2D eigenvalue weighted by Crippen LogP contribution is -2.35. The molecule has 0 aromatic heterocycles. The summed E-state index contributed by atoms with van der Waals surface area (Å²) in [6.07, 6.45) is 0.0626. The highest BCUT2D eigenvalue weighted by Gasteiger charge is 2.21. The van der Waals surface area contributed by atoms with Crippen molar-refractivity contribution in [3.05, 3.63) is 59.7 Å². The van der Waals surface area contributed by atoms with Crippen LogP contribution in [-0.2, 0) is 4.79 Å². The van der Waals surface area contributed by atoms with E-state index in [4.69, 9.17) is 15.2 Å². The number of methoxy groups -OCH3 is 1. The van der Waals surface area contributed by atoms with Crippen LogP contribution in [-0.4, -0.2) is 19.1 Å². The quantitative estimate of drug-likeness (QED) is 0.771. The fourth-order valence-corrected chi connectivity index (χ4v) is 2.64. The molecular formula is C20H26N2O3. The van der Waals surface area contributed by atoms with Gasteiger partial charge in [-0.05, 0) is 44.0 Å². The third kappa shape index (κ3) is 4.97. The molecule has 5 heteroatoms. The number of rotatable bonds is 8. The molecule has 0 aliphatic carbocycles. The zero-order valence-corrected chi connectivity index (χ0v) is 15.2. The monoisotopic (exact) mass is 342 g/mol. The van der Waals surface area contributed by atoms with Crippen molar-refractivity contribution in [3.63, 3.8) is 0 Å². The smallest absolute Gasteiger partial charge is 0.239 e. The number of benzene rings is 2. The van der Waals surface area contributed by atoms with E-state index in [-0.39, 0.29) is 12.1 Å². The number of ether oxygens (including phenoxy) is 2. The van der Waals surface area contributed by atoms with E-state index in [9.17, 15) is 4.79 Å². The number of hydrogen-bond donors (Lipinski definition) is 2. The van der Waals surface area contributed by atoms with Gasteiger partial charge in [-0.2, -0.15) is 0 Å². The van der Waals surface area contributed by atoms with Gasteiger partial charge in [0.2, 0.25) is 5.91 Å². The molecule has 134 valence electrons. The van der Waals surface area contributed by atoms with E-state index in [1.54, 1.807) is 7.11 Å². The summed E-state index contributed by atoms with van der Waals surface area (Å²) < 4.78 is 11.2. The van der Waals surface area contributed by atoms with Crippen molar-refractivity contribution in [2.75, 3.05) is 7.11 Å². The van der Waals surface area contributed by atoms with E-state index in [0.29, 0.717) is 11.5 Å². The maximum Gasteiger partial charge on any atom is 0.239 e. The van der Waals surface area contributed by atoms with Crippen molar-refractivity contribution >= 4 is 5.91 Å². The standard InChI is InChI=1S/C20H26N2O3/c1-13(2)25-17-11-10-16(12-18(17)24-4)14(3)22-19(20(21)23)15-8-6-5-7-9-15/h5-14,19,22H,1-4H3,(H2,21,23)/t14-,19+/m1/s1. The highest BCUT2D eigenvalue weighted by Crippen LogP contribution is 2.31. The number of primary amides is 1. The number of hydrogen-bond acceptors (Lipinski definition) is 4. The first-order valence-electron chi connectivity index (χ1n) is 8.37. The molecule has 25 heavy (non-hydrogen) atoms. The van der Waals surface area contributed by atoms with Crippen molar-refractivity contribution in [2.24, 2.45) is 5.73 Å². The Morgan fingerprint density at radius 3 is 2.24 bits per heavy atom. The topological polar surface area (TPSA) is 73.6 Å². The summed E-state index contributed by atoms with van der Waals surface area (Å²) >= 11 is 0. The van der Waals surface area contributed by atoms with Gasteiger partial charge in [0.05, 0.1) is 13.2 Å². The largest absolute Gasteiger partial charge is 0.493 e. The first-order chi connectivity index (χ1) is 11.9. The van der Waals surface area contributed by atoms with Gasteiger partial charge in [-0.1, -0.05) is 36.4 Å². The van der Waals surface area contributed by atoms with Gasteiger partial charge in [0.25, 0.3) is 0 Å². The summed E-state index contributed by atoms with van der Waals surface area (Å²) in [5.74, 6) is 0.947. The molecule has 2 aromatic rings. The lowest BCUT2D eigenvalue weighted by Gasteiger charge is -2.23. The van der Waals surface area contributed by atoms with Crippen molar-refractivity contribution in [3.8, 4) is 11.5 Å². The molecule has 0 unspecified atom stereocenters. The summed E-state index contributed by atoms with van der Waals surface area (Å²) in [6.45, 7) is 5.92. The van der Waals surface area contributed by atoms with Crippen LogP contribution >= 0.6 is 0 Å². The first kappa shape index (κ1) is 18.8. The lowest BCUT2D eigenvalue weighted by atomic mass is 10.0. The normalized spacial score (nSPS) is 13.3. The number of nitrogens with two attached hydrogens (primary N) is 1. The highest BCUT2D eigenvalue weighted by molar-refractivity contribution is 5.81. The van der Waals surface area contributed by atoms with E-state index in [0.717, 1.165) is 11.1 Å². The molecule has 1 amide bonds. The maximum absolute atomic E-state index is 11.9. The average molecular weight is 342 g/mol. The molecule has 0 radical (unpaired) electrons. The molecule has 0 aliphatic rings. The van der Waals surface area contributed by atoms with E-state index in [2.05, 4.69) is 5.32 Å². The third-order valence-electron chi connectivity index (χ3n) is 3.88. The van der Waals surface area contributed by atoms with Crippen LogP contribution in [0.2, 0.25) is 0 Å². The molecule has 0 heterocycles. The van der Waals surface area contributed by atoms with Crippen molar-refractivity contribution in [2.45, 2.75) is 39.0 Å². The van der Waals surface area contributed by atoms with Gasteiger partial charge in [-0.3, -0.25) is 10.1 Å². The minimum atomic E-state index is -0.561. The average Bonchev–Trinajstić information content (AvgIpc) is 2.59. The zero-order chi connectivity index (χ0) is 18.4. The Balaban J connectivity index is 2.21. The van der Waals surface area contributed by atoms with Gasteiger partial charge in [-0.15, -0.1) is 0 Å². The minimum Gasteiger partial charge on any atom is -0.493 e. The van der Waals surface area contributed by atoms with Crippen LogP contribution in [0.4, 0.5) is 0 Å². The zero-order valence-electron chi connectivity index (χ0n) is 15.2. The summed E-state index contributed by atoms with van der Waals surface area (Å²) in [5.41, 5.74) is 7.41. The third-order valence-corrected chi connectivity index (χ3v) is 3.88. The van der Waals surface area contributed by atoms with Gasteiger partial charge in [0.15, 0.2) is 11.5 Å². The van der Waals surface area contributed by atoms with E-state index in [1.165, 1.54) is 0 Å². The Labute approximate surface area is 149 Å². The number of carbonyl (C=O) groups is 1. The van der Waals surface area contributed by atoms with Crippen LogP contribution in [0.25, 0.3) is 0 Å². The summed E-state index contributed by atoms with van der Waals surface area (Å²) in [4.78, 5) is 11.9. The molecule has 0 saturated carbocycles. The number of amides is 1. The van der Waals surface area contributed by atoms with Crippen LogP contribution in [0.3, 0.4) is 0 Å². The molecule has 0 saturated heterocycles. The van der Waals surface area contributed by atoms with Crippen molar-refractivity contribution < 1.29 is 14.3 Å². The van der Waals surface area contributed by atoms with Gasteiger partial charge >= 0.3 is 0 Å². The van der Waals surface area contributed by atoms with Crippen LogP contribution in [0, 0.1) is 0 Å². The van der Waals surface area contributed by atoms with Gasteiger partial charge in [0, 0.05) is 6.04 Å². The van der Waals surface area contributed by atoms with Gasteiger partial charge in [0.1, 0.15) is 6.04 Å². The molecule has 0 bridgehead atoms. The molecule has 0 spiro atoms. The Kier molecular flexibility index (Phi) is 6.42. The van der Waals surface area contributed by atoms with E-state index in [1.807, 2.05) is 69.3 Å². The summed E-state index contributed by atoms with van der Waals surface area (Å²) in [5, 5.41) is 3.29. The van der Waals surface area contributed by atoms with E-state index >= 15 is 0 Å². The van der Waals surface area contributed by atoms with Gasteiger partial charge in [-0.25, -0.2) is 0 Å². The predicted molar refractivity (Wildman–Crippen MR) is 98.7 cm³/mol. The fourth-order valence-electron chi connectivity index (χ4n) is 2.64. The van der Waals surface area contributed by atoms with Crippen LogP contribution in [0.15, 0.2) is 48.5 Å². The molecule has 0 fully saturated rings. The first-order valence-corrected chi connectivity index (χ1v) is 8.37. The Bertz CT molecular complexity index is 701. The number of nitrogens with one attached hydrogen (secondary N) is 1. The summed E-state index contributed by atoms with van der Waals surface area (Å²) in [6, 6.07) is 14.5. The Morgan fingerprint density at radius 1 is 1.00 bits per heavy atom. The molecule has 5 nitrogen and oxygen atoms in total. The van der Waals surface area contributed by atoms with Crippen LogP contribution in [0.5, 0.6) is 11.5 Å². The molecule has 3 N–H and O–H groups in total. The molecular weight excluding hydrogens is 316 g/mol. The van der Waals surface area contributed by atoms with Crippen LogP contribution < -0.4 is 20.5 Å². The summed E-state index contributed by atoms with van der Waals surface area (Å²) in [7, 11) is 1.61. The predicted octanol–water partition coefficient (Wildman–Crippen LogP) is 3.36. The highest BCUT2D eigenvalue weighted by atomic mass is 16.5. The second-order valence-electron chi connectivity index (χ2n) is 6.21. The molecule has 2 atom stereocenters. The van der Waals surface area contributed by atoms with Crippen molar-refractivity contribution in [1.29, 1.82) is 0 Å². The van der Waals surface area contributed by atoms with E-state index < -0.39 is 11.9 Å². The Morgan fingerprint density at radius 2 is 1.68 bits per heavy atom. The van der Waals surface area contributed by atoms with Crippen molar-refractivity contribution in [1.82, 2.24) is 5.32 Å². The minimum absolute atomic E-state index is 0.0626. The SMILES string of the molecule is COc1cc([C@@H](C)N[C@H](C(N)=O)c2ccccc2)ccc1OC(C)C. The Hall–Kier alpha value is -2.53. The molecule has 2 aromatic carbocycles. The second-order valence-corrected chi connectivity index (χ2v) is 6.21.